The van der Waals surface area contributed by atoms with Gasteiger partial charge in [0.05, 0.1) is 25.5 Å². The van der Waals surface area contributed by atoms with Crippen LogP contribution >= 0.6 is 55.8 Å². The molecule has 0 N–H and O–H groups in total. The first-order chi connectivity index (χ1) is 13.4. The highest BCUT2D eigenvalue weighted by atomic mass is 79.9. The van der Waals surface area contributed by atoms with E-state index in [4.69, 9.17) is 17.0 Å². The zero-order valence-corrected chi connectivity index (χ0v) is 19.5. The van der Waals surface area contributed by atoms with Crippen LogP contribution in [0.25, 0.3) is 6.08 Å². The maximum Gasteiger partial charge on any atom is 0.266 e. The number of benzene rings is 2. The number of rotatable bonds is 5. The van der Waals surface area contributed by atoms with Gasteiger partial charge in [-0.15, -0.1) is 0 Å². The number of halogens is 2. The number of thioether (sulfide) groups is 1. The van der Waals surface area contributed by atoms with Crippen molar-refractivity contribution in [3.05, 3.63) is 66.9 Å². The predicted molar refractivity (Wildman–Crippen MR) is 123 cm³/mol. The van der Waals surface area contributed by atoms with Gasteiger partial charge in [-0.05, 0) is 68.6 Å². The maximum absolute atomic E-state index is 12.4. The third kappa shape index (κ3) is 4.49. The van der Waals surface area contributed by atoms with E-state index in [-0.39, 0.29) is 12.5 Å². The lowest BCUT2D eigenvalue weighted by Crippen LogP contribution is -2.27. The van der Waals surface area contributed by atoms with Gasteiger partial charge in [0.1, 0.15) is 16.7 Å². The van der Waals surface area contributed by atoms with E-state index in [1.54, 1.807) is 11.0 Å². The summed E-state index contributed by atoms with van der Waals surface area (Å²) in [5, 5.41) is 9.20. The van der Waals surface area contributed by atoms with Crippen LogP contribution in [0.4, 0.5) is 0 Å². The standard InChI is InChI=1S/C20H14Br2N2O2S2/c1-2-24-19(25)17(28-20(24)27)9-12-7-15(21)18(16(22)8-12)26-11-14-6-4-3-5-13(14)10-23/h3-9H,2,11H2,1H3/b17-9-. The number of nitriles is 1. The van der Waals surface area contributed by atoms with Gasteiger partial charge >= 0.3 is 0 Å². The van der Waals surface area contributed by atoms with Crippen molar-refractivity contribution in [1.82, 2.24) is 4.90 Å². The molecule has 28 heavy (non-hydrogen) atoms. The Morgan fingerprint density at radius 2 is 1.96 bits per heavy atom. The first-order valence-corrected chi connectivity index (χ1v) is 11.1. The van der Waals surface area contributed by atoms with Crippen LogP contribution in [0.5, 0.6) is 5.75 Å². The SMILES string of the molecule is CCN1C(=O)/C(=C/c2cc(Br)c(OCc3ccccc3C#N)c(Br)c2)SC1=S. The maximum atomic E-state index is 12.4. The number of likely N-dealkylation sites (N-methyl/N-ethyl adjacent to an activating group) is 1. The molecule has 0 spiro atoms. The molecule has 1 heterocycles. The quantitative estimate of drug-likeness (QED) is 0.352. The van der Waals surface area contributed by atoms with Crippen molar-refractivity contribution in [1.29, 1.82) is 5.26 Å². The first kappa shape index (κ1) is 21.1. The molecular formula is C20H14Br2N2O2S2. The Kier molecular flexibility index (Phi) is 6.94. The summed E-state index contributed by atoms with van der Waals surface area (Å²) < 4.78 is 7.99. The predicted octanol–water partition coefficient (Wildman–Crippen LogP) is 5.88. The largest absolute Gasteiger partial charge is 0.486 e. The molecule has 1 aliphatic rings. The molecule has 8 heteroatoms. The van der Waals surface area contributed by atoms with Gasteiger partial charge in [0, 0.05) is 12.1 Å². The topological polar surface area (TPSA) is 53.3 Å². The third-order valence-corrected chi connectivity index (χ3v) is 6.57. The van der Waals surface area contributed by atoms with Crippen LogP contribution < -0.4 is 4.74 Å². The molecular weight excluding hydrogens is 524 g/mol. The molecule has 0 aromatic heterocycles. The molecule has 1 amide bonds. The van der Waals surface area contributed by atoms with Crippen LogP contribution in [0.2, 0.25) is 0 Å². The number of nitrogens with zero attached hydrogens (tertiary/aromatic N) is 2. The van der Waals surface area contributed by atoms with E-state index in [9.17, 15) is 10.1 Å². The smallest absolute Gasteiger partial charge is 0.266 e. The normalized spacial score (nSPS) is 15.2. The van der Waals surface area contributed by atoms with E-state index < -0.39 is 0 Å². The van der Waals surface area contributed by atoms with E-state index in [0.717, 1.165) is 20.1 Å². The zero-order chi connectivity index (χ0) is 20.3. The van der Waals surface area contributed by atoms with Gasteiger partial charge in [0.15, 0.2) is 0 Å². The summed E-state index contributed by atoms with van der Waals surface area (Å²) >= 11 is 13.6. The minimum Gasteiger partial charge on any atom is -0.486 e. The second kappa shape index (κ2) is 9.23. The Hall–Kier alpha value is -1.66. The number of carbonyl (C=O) groups excluding carboxylic acids is 1. The van der Waals surface area contributed by atoms with Gasteiger partial charge in [-0.1, -0.05) is 42.2 Å². The van der Waals surface area contributed by atoms with Crippen LogP contribution in [-0.2, 0) is 11.4 Å². The summed E-state index contributed by atoms with van der Waals surface area (Å²) in [4.78, 5) is 14.6. The van der Waals surface area contributed by atoms with Crippen LogP contribution in [0.3, 0.4) is 0 Å². The highest BCUT2D eigenvalue weighted by Crippen LogP contribution is 2.38. The molecule has 3 rings (SSSR count). The van der Waals surface area contributed by atoms with E-state index >= 15 is 0 Å². The average Bonchev–Trinajstić information content (AvgIpc) is 2.94. The summed E-state index contributed by atoms with van der Waals surface area (Å²) in [6.07, 6.45) is 1.82. The van der Waals surface area contributed by atoms with Crippen LogP contribution in [0.15, 0.2) is 50.2 Å². The van der Waals surface area contributed by atoms with Gasteiger partial charge in [0.25, 0.3) is 5.91 Å². The molecule has 1 fully saturated rings. The fourth-order valence-electron chi connectivity index (χ4n) is 2.63. The Balaban J connectivity index is 1.82. The molecule has 1 saturated heterocycles. The molecule has 0 aliphatic carbocycles. The van der Waals surface area contributed by atoms with E-state index in [2.05, 4.69) is 37.9 Å². The molecule has 4 nitrogen and oxygen atoms in total. The number of ether oxygens (including phenoxy) is 1. The highest BCUT2D eigenvalue weighted by Gasteiger charge is 2.30. The summed E-state index contributed by atoms with van der Waals surface area (Å²) in [7, 11) is 0. The number of hydrogen-bond donors (Lipinski definition) is 0. The fraction of sp³-hybridized carbons (Fsp3) is 0.150. The lowest BCUT2D eigenvalue weighted by molar-refractivity contribution is -0.121. The van der Waals surface area contributed by atoms with Crippen LogP contribution in [0.1, 0.15) is 23.6 Å². The summed E-state index contributed by atoms with van der Waals surface area (Å²) in [6, 6.07) is 13.3. The fourth-order valence-corrected chi connectivity index (χ4v) is 5.46. The zero-order valence-electron chi connectivity index (χ0n) is 14.7. The second-order valence-electron chi connectivity index (χ2n) is 5.80. The Morgan fingerprint density at radius 1 is 1.29 bits per heavy atom. The summed E-state index contributed by atoms with van der Waals surface area (Å²) in [6.45, 7) is 2.74. The number of carbonyl (C=O) groups is 1. The van der Waals surface area contributed by atoms with Gasteiger partial charge in [-0.2, -0.15) is 5.26 Å². The number of thiocarbonyl (C=S) groups is 1. The summed E-state index contributed by atoms with van der Waals surface area (Å²) in [5.41, 5.74) is 2.25. The molecule has 0 saturated carbocycles. The average molecular weight is 538 g/mol. The van der Waals surface area contributed by atoms with Gasteiger partial charge in [0.2, 0.25) is 0 Å². The second-order valence-corrected chi connectivity index (χ2v) is 9.18. The van der Waals surface area contributed by atoms with Crippen molar-refractivity contribution in [3.63, 3.8) is 0 Å². The molecule has 0 atom stereocenters. The van der Waals surface area contributed by atoms with E-state index in [1.807, 2.05) is 43.3 Å². The van der Waals surface area contributed by atoms with Crippen LogP contribution in [0, 0.1) is 11.3 Å². The lowest BCUT2D eigenvalue weighted by atomic mass is 10.1. The third-order valence-electron chi connectivity index (χ3n) is 4.02. The molecule has 2 aromatic carbocycles. The lowest BCUT2D eigenvalue weighted by Gasteiger charge is -2.12. The van der Waals surface area contributed by atoms with E-state index in [0.29, 0.717) is 27.1 Å². The van der Waals surface area contributed by atoms with Crippen molar-refractivity contribution >= 4 is 72.1 Å². The molecule has 1 aliphatic heterocycles. The molecule has 0 unspecified atom stereocenters. The number of amides is 1. The van der Waals surface area contributed by atoms with Crippen molar-refractivity contribution in [2.24, 2.45) is 0 Å². The minimum atomic E-state index is -0.0711. The van der Waals surface area contributed by atoms with Crippen molar-refractivity contribution in [2.75, 3.05) is 6.54 Å². The summed E-state index contributed by atoms with van der Waals surface area (Å²) in [5.74, 6) is 0.559. The Bertz CT molecular complexity index is 1010. The van der Waals surface area contributed by atoms with Gasteiger partial charge in [-0.3, -0.25) is 9.69 Å². The van der Waals surface area contributed by atoms with Crippen molar-refractivity contribution in [2.45, 2.75) is 13.5 Å². The molecule has 142 valence electrons. The van der Waals surface area contributed by atoms with E-state index in [1.165, 1.54) is 11.8 Å². The van der Waals surface area contributed by atoms with Crippen molar-refractivity contribution in [3.8, 4) is 11.8 Å². The minimum absolute atomic E-state index is 0.0711. The highest BCUT2D eigenvalue weighted by molar-refractivity contribution is 9.11. The van der Waals surface area contributed by atoms with Crippen LogP contribution in [-0.4, -0.2) is 21.7 Å². The molecule has 2 aromatic rings. The van der Waals surface area contributed by atoms with Gasteiger partial charge < -0.3 is 4.74 Å². The molecule has 0 bridgehead atoms. The van der Waals surface area contributed by atoms with Crippen molar-refractivity contribution < 1.29 is 9.53 Å². The monoisotopic (exact) mass is 536 g/mol. The number of hydrogen-bond acceptors (Lipinski definition) is 5. The molecule has 0 radical (unpaired) electrons. The van der Waals surface area contributed by atoms with Gasteiger partial charge in [-0.25, -0.2) is 0 Å². The Morgan fingerprint density at radius 3 is 2.57 bits per heavy atom. The Labute approximate surface area is 189 Å². The first-order valence-electron chi connectivity index (χ1n) is 8.29.